The molecule has 1 amide bonds. The molecule has 0 fully saturated rings. The molecule has 0 atom stereocenters. The zero-order valence-electron chi connectivity index (χ0n) is 18.4. The van der Waals surface area contributed by atoms with Crippen LogP contribution in [0, 0.1) is 11.8 Å². The Balaban J connectivity index is 1.92. The third kappa shape index (κ3) is 5.79. The van der Waals surface area contributed by atoms with Gasteiger partial charge < -0.3 is 19.9 Å². The van der Waals surface area contributed by atoms with Crippen LogP contribution in [0.2, 0.25) is 0 Å². The van der Waals surface area contributed by atoms with Gasteiger partial charge in [-0.15, -0.1) is 0 Å². The highest BCUT2D eigenvalue weighted by Crippen LogP contribution is 2.27. The Morgan fingerprint density at radius 2 is 1.97 bits per heavy atom. The van der Waals surface area contributed by atoms with Crippen LogP contribution < -0.4 is 15.4 Å². The fraction of sp³-hybridized carbons (Fsp3) is 0.273. The Bertz CT molecular complexity index is 1400. The number of methoxy groups -OCH3 is 1. The van der Waals surface area contributed by atoms with Crippen molar-refractivity contribution in [2.75, 3.05) is 32.3 Å². The highest BCUT2D eigenvalue weighted by atomic mass is 32.2. The number of amides is 1. The van der Waals surface area contributed by atoms with Gasteiger partial charge in [-0.1, -0.05) is 11.8 Å². The Morgan fingerprint density at radius 3 is 2.59 bits per heavy atom. The van der Waals surface area contributed by atoms with Crippen LogP contribution in [0.1, 0.15) is 15.9 Å². The third-order valence-electron chi connectivity index (χ3n) is 4.75. The fourth-order valence-corrected chi connectivity index (χ4v) is 3.85. The number of imidazole rings is 1. The van der Waals surface area contributed by atoms with E-state index in [2.05, 4.69) is 27.5 Å². The molecule has 0 aliphatic carbocycles. The molecule has 2 aromatic carbocycles. The summed E-state index contributed by atoms with van der Waals surface area (Å²) in [6.07, 6.45) is -2.35. The second kappa shape index (κ2) is 9.64. The van der Waals surface area contributed by atoms with Gasteiger partial charge in [0.25, 0.3) is 5.91 Å². The van der Waals surface area contributed by atoms with E-state index in [-0.39, 0.29) is 28.0 Å². The lowest BCUT2D eigenvalue weighted by Gasteiger charge is -2.10. The third-order valence-corrected chi connectivity index (χ3v) is 5.86. The predicted molar refractivity (Wildman–Crippen MR) is 121 cm³/mol. The van der Waals surface area contributed by atoms with Crippen LogP contribution in [-0.4, -0.2) is 57.0 Å². The predicted octanol–water partition coefficient (Wildman–Crippen LogP) is 2.83. The number of hydrogen-bond acceptors (Lipinski definition) is 6. The molecule has 1 aromatic heterocycles. The van der Waals surface area contributed by atoms with Crippen molar-refractivity contribution in [3.63, 3.8) is 0 Å². The van der Waals surface area contributed by atoms with E-state index in [0.29, 0.717) is 17.0 Å². The van der Waals surface area contributed by atoms with E-state index in [4.69, 9.17) is 4.74 Å². The standard InChI is InChI=1S/C22H21F3N4O4S/c1-26-21(30)16-9-14(10-18-20(16)28-13-29(18)12-22(23,24)25)5-4-8-27-17-11-15(34(3,31)32)6-7-19(17)33-2/h6-7,9-11,13,27H,8,12H2,1-3H3,(H,26,30). The number of rotatable bonds is 6. The minimum Gasteiger partial charge on any atom is -0.495 e. The molecule has 0 radical (unpaired) electrons. The summed E-state index contributed by atoms with van der Waals surface area (Å²) in [7, 11) is -0.589. The normalized spacial score (nSPS) is 11.6. The first kappa shape index (κ1) is 24.9. The first-order valence-corrected chi connectivity index (χ1v) is 11.7. The quantitative estimate of drug-likeness (QED) is 0.511. The monoisotopic (exact) mass is 494 g/mol. The van der Waals surface area contributed by atoms with Crippen LogP contribution >= 0.6 is 0 Å². The van der Waals surface area contributed by atoms with Crippen molar-refractivity contribution in [2.45, 2.75) is 17.6 Å². The van der Waals surface area contributed by atoms with Crippen molar-refractivity contribution in [1.82, 2.24) is 14.9 Å². The van der Waals surface area contributed by atoms with Gasteiger partial charge in [0.15, 0.2) is 9.84 Å². The number of benzene rings is 2. The van der Waals surface area contributed by atoms with E-state index in [1.165, 1.54) is 44.5 Å². The van der Waals surface area contributed by atoms with Gasteiger partial charge in [-0.05, 0) is 30.3 Å². The van der Waals surface area contributed by atoms with Crippen LogP contribution in [0.15, 0.2) is 41.6 Å². The van der Waals surface area contributed by atoms with Crippen LogP contribution in [0.25, 0.3) is 11.0 Å². The summed E-state index contributed by atoms with van der Waals surface area (Å²) in [5, 5.41) is 5.40. The molecule has 1 heterocycles. The number of carbonyl (C=O) groups is 1. The average Bonchev–Trinajstić information content (AvgIpc) is 3.15. The van der Waals surface area contributed by atoms with Gasteiger partial charge in [-0.25, -0.2) is 13.4 Å². The maximum atomic E-state index is 12.9. The number of ether oxygens (including phenoxy) is 1. The summed E-state index contributed by atoms with van der Waals surface area (Å²) in [4.78, 5) is 16.3. The summed E-state index contributed by atoms with van der Waals surface area (Å²) in [6, 6.07) is 7.23. The number of nitrogens with one attached hydrogen (secondary N) is 2. The topological polar surface area (TPSA) is 102 Å². The number of fused-ring (bicyclic) bond motifs is 1. The minimum atomic E-state index is -4.47. The summed E-state index contributed by atoms with van der Waals surface area (Å²) in [5.41, 5.74) is 1.08. The van der Waals surface area contributed by atoms with Crippen molar-refractivity contribution in [2.24, 2.45) is 0 Å². The number of alkyl halides is 3. The van der Waals surface area contributed by atoms with Gasteiger partial charge >= 0.3 is 6.18 Å². The molecule has 0 saturated carbocycles. The molecular formula is C22H21F3N4O4S. The number of sulfone groups is 1. The molecule has 3 aromatic rings. The van der Waals surface area contributed by atoms with Gasteiger partial charge in [0.1, 0.15) is 17.8 Å². The lowest BCUT2D eigenvalue weighted by atomic mass is 10.1. The van der Waals surface area contributed by atoms with Crippen LogP contribution in [0.4, 0.5) is 18.9 Å². The Labute approximate surface area is 194 Å². The zero-order valence-corrected chi connectivity index (χ0v) is 19.3. The van der Waals surface area contributed by atoms with Crippen molar-refractivity contribution in [3.05, 3.63) is 47.8 Å². The van der Waals surface area contributed by atoms with Gasteiger partial charge in [0, 0.05) is 18.9 Å². The van der Waals surface area contributed by atoms with E-state index in [0.717, 1.165) is 17.2 Å². The van der Waals surface area contributed by atoms with Gasteiger partial charge in [-0.2, -0.15) is 13.2 Å². The van der Waals surface area contributed by atoms with E-state index in [1.807, 2.05) is 0 Å². The fourth-order valence-electron chi connectivity index (χ4n) is 3.20. The molecule has 0 spiro atoms. The molecule has 3 rings (SSSR count). The number of nitrogens with zero attached hydrogens (tertiary/aromatic N) is 2. The maximum Gasteiger partial charge on any atom is 0.406 e. The zero-order chi connectivity index (χ0) is 25.1. The molecule has 12 heteroatoms. The van der Waals surface area contributed by atoms with E-state index in [1.54, 1.807) is 0 Å². The molecule has 0 bridgehead atoms. The summed E-state index contributed by atoms with van der Waals surface area (Å²) < 4.78 is 68.5. The van der Waals surface area contributed by atoms with Crippen molar-refractivity contribution in [1.29, 1.82) is 0 Å². The molecule has 0 unspecified atom stereocenters. The summed E-state index contributed by atoms with van der Waals surface area (Å²) in [6.45, 7) is -1.19. The van der Waals surface area contributed by atoms with E-state index < -0.39 is 28.5 Å². The first-order valence-electron chi connectivity index (χ1n) is 9.81. The smallest absolute Gasteiger partial charge is 0.406 e. The summed E-state index contributed by atoms with van der Waals surface area (Å²) >= 11 is 0. The van der Waals surface area contributed by atoms with Gasteiger partial charge in [0.05, 0.1) is 41.6 Å². The van der Waals surface area contributed by atoms with Crippen molar-refractivity contribution < 1.29 is 31.1 Å². The number of carbonyl (C=O) groups excluding carboxylic acids is 1. The maximum absolute atomic E-state index is 12.9. The van der Waals surface area contributed by atoms with Crippen molar-refractivity contribution >= 4 is 32.5 Å². The van der Waals surface area contributed by atoms with Gasteiger partial charge in [0.2, 0.25) is 0 Å². The van der Waals surface area contributed by atoms with E-state index >= 15 is 0 Å². The summed E-state index contributed by atoms with van der Waals surface area (Å²) in [5.74, 6) is 5.54. The van der Waals surface area contributed by atoms with E-state index in [9.17, 15) is 26.4 Å². The highest BCUT2D eigenvalue weighted by Gasteiger charge is 2.29. The second-order valence-corrected chi connectivity index (χ2v) is 9.26. The van der Waals surface area contributed by atoms with Crippen LogP contribution in [0.5, 0.6) is 5.75 Å². The lowest BCUT2D eigenvalue weighted by molar-refractivity contribution is -0.139. The highest BCUT2D eigenvalue weighted by molar-refractivity contribution is 7.90. The van der Waals surface area contributed by atoms with Gasteiger partial charge in [-0.3, -0.25) is 4.79 Å². The number of aromatic nitrogens is 2. The second-order valence-electron chi connectivity index (χ2n) is 7.25. The minimum absolute atomic E-state index is 0.0682. The number of hydrogen-bond donors (Lipinski definition) is 2. The molecule has 0 aliphatic rings. The molecule has 180 valence electrons. The number of halogens is 3. The molecule has 2 N–H and O–H groups in total. The van der Waals surface area contributed by atoms with Crippen LogP contribution in [-0.2, 0) is 16.4 Å². The molecular weight excluding hydrogens is 473 g/mol. The van der Waals surface area contributed by atoms with Crippen molar-refractivity contribution in [3.8, 4) is 17.6 Å². The van der Waals surface area contributed by atoms with Crippen LogP contribution in [0.3, 0.4) is 0 Å². The number of anilines is 1. The first-order chi connectivity index (χ1) is 15.9. The Morgan fingerprint density at radius 1 is 1.24 bits per heavy atom. The molecule has 0 aliphatic heterocycles. The molecule has 0 saturated heterocycles. The SMILES string of the molecule is CNC(=O)c1cc(C#CCNc2cc(S(C)(=O)=O)ccc2OC)cc2c1ncn2CC(F)(F)F. The largest absolute Gasteiger partial charge is 0.495 e. The molecule has 8 nitrogen and oxygen atoms in total. The Hall–Kier alpha value is -3.72. The average molecular weight is 494 g/mol. The Kier molecular flexibility index (Phi) is 7.07. The lowest BCUT2D eigenvalue weighted by Crippen LogP contribution is -2.19. The molecule has 34 heavy (non-hydrogen) atoms.